The number of aromatic nitrogens is 1. The SMILES string of the molecule is C=C/C(=C\C)c1cccc2c1-c1ccccc1C21c2ccccc2-c2c(N(c3ccc(-c4ccccc4)cc3)c3ccc(-n4c5ccccc5c5cc6c(cc54)C(C)(C)c4ccccc4-6)cc3)cccc21. The first-order valence-electron chi connectivity index (χ1n) is 24.9. The van der Waals surface area contributed by atoms with Gasteiger partial charge in [-0.15, -0.1) is 0 Å². The van der Waals surface area contributed by atoms with E-state index < -0.39 is 5.41 Å². The number of benzene rings is 10. The lowest BCUT2D eigenvalue weighted by Gasteiger charge is -2.32. The van der Waals surface area contributed by atoms with Gasteiger partial charge in [-0.1, -0.05) is 196 Å². The molecule has 1 unspecified atom stereocenters. The topological polar surface area (TPSA) is 8.17 Å². The van der Waals surface area contributed by atoms with Crippen molar-refractivity contribution in [3.63, 3.8) is 0 Å². The molecule has 336 valence electrons. The van der Waals surface area contributed by atoms with Gasteiger partial charge in [-0.3, -0.25) is 0 Å². The number of hydrogen-bond donors (Lipinski definition) is 0. The predicted molar refractivity (Wildman–Crippen MR) is 299 cm³/mol. The van der Waals surface area contributed by atoms with Crippen molar-refractivity contribution in [2.45, 2.75) is 31.6 Å². The van der Waals surface area contributed by atoms with Gasteiger partial charge in [0.2, 0.25) is 0 Å². The highest BCUT2D eigenvalue weighted by Crippen LogP contribution is 2.65. The minimum Gasteiger partial charge on any atom is -0.310 e. The van der Waals surface area contributed by atoms with Crippen molar-refractivity contribution in [2.24, 2.45) is 0 Å². The monoisotopic (exact) mass is 906 g/mol. The lowest BCUT2D eigenvalue weighted by atomic mass is 9.70. The van der Waals surface area contributed by atoms with Gasteiger partial charge >= 0.3 is 0 Å². The number of fused-ring (bicyclic) bond motifs is 16. The Morgan fingerprint density at radius 2 is 1.01 bits per heavy atom. The Labute approximate surface area is 415 Å². The molecule has 0 amide bonds. The number of rotatable bonds is 7. The largest absolute Gasteiger partial charge is 0.310 e. The Kier molecular flexibility index (Phi) is 8.95. The summed E-state index contributed by atoms with van der Waals surface area (Å²) in [6.07, 6.45) is 4.18. The van der Waals surface area contributed by atoms with Crippen LogP contribution in [0.3, 0.4) is 0 Å². The molecular formula is C69H50N2. The highest BCUT2D eigenvalue weighted by Gasteiger charge is 2.53. The number of nitrogens with zero attached hydrogens (tertiary/aromatic N) is 2. The fraction of sp³-hybridized carbons (Fsp3) is 0.0725. The van der Waals surface area contributed by atoms with Gasteiger partial charge in [0, 0.05) is 38.8 Å². The molecule has 71 heavy (non-hydrogen) atoms. The van der Waals surface area contributed by atoms with Crippen LogP contribution >= 0.6 is 0 Å². The van der Waals surface area contributed by atoms with Crippen molar-refractivity contribution in [1.29, 1.82) is 0 Å². The Morgan fingerprint density at radius 3 is 1.72 bits per heavy atom. The first-order chi connectivity index (χ1) is 34.9. The maximum Gasteiger partial charge on any atom is 0.0726 e. The molecule has 1 heterocycles. The molecule has 0 N–H and O–H groups in total. The summed E-state index contributed by atoms with van der Waals surface area (Å²) in [6.45, 7) is 11.1. The van der Waals surface area contributed by atoms with E-state index in [1.165, 1.54) is 105 Å². The molecule has 11 aromatic rings. The van der Waals surface area contributed by atoms with Crippen LogP contribution in [0.2, 0.25) is 0 Å². The van der Waals surface area contributed by atoms with Crippen LogP contribution in [0.25, 0.3) is 77.6 Å². The molecule has 3 aliphatic carbocycles. The molecule has 3 aliphatic rings. The third-order valence-electron chi connectivity index (χ3n) is 16.2. The van der Waals surface area contributed by atoms with Crippen molar-refractivity contribution >= 4 is 44.4 Å². The summed E-state index contributed by atoms with van der Waals surface area (Å²) in [7, 11) is 0. The predicted octanol–water partition coefficient (Wildman–Crippen LogP) is 18.2. The zero-order valence-electron chi connectivity index (χ0n) is 40.1. The zero-order valence-corrected chi connectivity index (χ0v) is 40.1. The van der Waals surface area contributed by atoms with Crippen LogP contribution in [0.5, 0.6) is 0 Å². The fourth-order valence-corrected chi connectivity index (χ4v) is 13.1. The van der Waals surface area contributed by atoms with Gasteiger partial charge in [0.05, 0.1) is 22.1 Å². The van der Waals surface area contributed by atoms with Gasteiger partial charge in [0.1, 0.15) is 0 Å². The second kappa shape index (κ2) is 15.4. The second-order valence-corrected chi connectivity index (χ2v) is 19.9. The van der Waals surface area contributed by atoms with E-state index in [4.69, 9.17) is 0 Å². The minimum absolute atomic E-state index is 0.110. The normalized spacial score (nSPS) is 15.6. The van der Waals surface area contributed by atoms with E-state index in [-0.39, 0.29) is 5.41 Å². The van der Waals surface area contributed by atoms with Crippen molar-refractivity contribution in [2.75, 3.05) is 4.90 Å². The summed E-state index contributed by atoms with van der Waals surface area (Å²) in [5, 5.41) is 2.54. The highest BCUT2D eigenvalue weighted by atomic mass is 15.1. The van der Waals surface area contributed by atoms with Crippen molar-refractivity contribution in [3.8, 4) is 50.2 Å². The smallest absolute Gasteiger partial charge is 0.0726 e. The van der Waals surface area contributed by atoms with Crippen LogP contribution in [0.15, 0.2) is 243 Å². The summed E-state index contributed by atoms with van der Waals surface area (Å²) in [4.78, 5) is 2.49. The Morgan fingerprint density at radius 1 is 0.451 bits per heavy atom. The summed E-state index contributed by atoms with van der Waals surface area (Å²) in [5.41, 5.74) is 26.8. The average molecular weight is 907 g/mol. The van der Waals surface area contributed by atoms with Crippen LogP contribution in [-0.4, -0.2) is 4.57 Å². The van der Waals surface area contributed by atoms with Crippen molar-refractivity contribution in [3.05, 3.63) is 282 Å². The van der Waals surface area contributed by atoms with E-state index >= 15 is 0 Å². The molecular weight excluding hydrogens is 857 g/mol. The summed E-state index contributed by atoms with van der Waals surface area (Å²) in [6, 6.07) is 84.0. The maximum absolute atomic E-state index is 4.26. The van der Waals surface area contributed by atoms with Gasteiger partial charge in [-0.05, 0) is 151 Å². The molecule has 0 aliphatic heterocycles. The molecule has 2 nitrogen and oxygen atoms in total. The number of hydrogen-bond acceptors (Lipinski definition) is 1. The molecule has 1 spiro atoms. The first kappa shape index (κ1) is 41.3. The van der Waals surface area contributed by atoms with E-state index in [9.17, 15) is 0 Å². The number of para-hydroxylation sites is 1. The third kappa shape index (κ3) is 5.65. The molecule has 0 saturated carbocycles. The molecule has 0 bridgehead atoms. The van der Waals surface area contributed by atoms with Gasteiger partial charge in [0.25, 0.3) is 0 Å². The van der Waals surface area contributed by atoms with Crippen LogP contribution in [0, 0.1) is 0 Å². The second-order valence-electron chi connectivity index (χ2n) is 19.9. The van der Waals surface area contributed by atoms with E-state index in [1.54, 1.807) is 0 Å². The van der Waals surface area contributed by atoms with Gasteiger partial charge in [-0.25, -0.2) is 0 Å². The molecule has 0 radical (unpaired) electrons. The molecule has 14 rings (SSSR count). The lowest BCUT2D eigenvalue weighted by Crippen LogP contribution is -2.26. The molecule has 1 atom stereocenters. The summed E-state index contributed by atoms with van der Waals surface area (Å²) >= 11 is 0. The van der Waals surface area contributed by atoms with Crippen molar-refractivity contribution in [1.82, 2.24) is 4.57 Å². The highest BCUT2D eigenvalue weighted by molar-refractivity contribution is 6.12. The Hall–Kier alpha value is -8.72. The molecule has 2 heteroatoms. The lowest BCUT2D eigenvalue weighted by molar-refractivity contribution is 0.661. The number of anilines is 3. The van der Waals surface area contributed by atoms with E-state index in [0.29, 0.717) is 0 Å². The van der Waals surface area contributed by atoms with Gasteiger partial charge < -0.3 is 9.47 Å². The molecule has 1 aromatic heterocycles. The molecule has 10 aromatic carbocycles. The quantitative estimate of drug-likeness (QED) is 0.145. The summed E-state index contributed by atoms with van der Waals surface area (Å²) < 4.78 is 2.47. The molecule has 0 saturated heterocycles. The zero-order chi connectivity index (χ0) is 47.6. The number of allylic oxidation sites excluding steroid dienone is 3. The standard InChI is InChI=1S/C69H50N2/c1-5-44(6-2)50-26-18-30-60-66(50)53-24-11-15-28-58(53)69(60)59-29-16-12-25-54(59)67-61(69)31-19-33-64(67)70(47-36-34-46(35-37-47)45-20-8-7-9-21-45)48-38-40-49(41-39-48)71-63-32-17-13-23-52(63)56-42-55-51-22-10-14-27-57(51)68(3,4)62(55)43-65(56)71/h5-43H,1H2,2-4H3/b44-6+. The van der Waals surface area contributed by atoms with Crippen molar-refractivity contribution < 1.29 is 0 Å². The van der Waals surface area contributed by atoms with Gasteiger partial charge in [-0.2, -0.15) is 0 Å². The van der Waals surface area contributed by atoms with Crippen LogP contribution in [0.4, 0.5) is 17.1 Å². The third-order valence-corrected chi connectivity index (χ3v) is 16.2. The maximum atomic E-state index is 4.26. The van der Waals surface area contributed by atoms with E-state index in [0.717, 1.165) is 28.3 Å². The first-order valence-corrected chi connectivity index (χ1v) is 24.9. The molecule has 0 fully saturated rings. The van der Waals surface area contributed by atoms with Crippen LogP contribution in [-0.2, 0) is 10.8 Å². The minimum atomic E-state index is -0.525. The Bertz CT molecular complexity index is 4030. The van der Waals surface area contributed by atoms with E-state index in [2.05, 4.69) is 267 Å². The van der Waals surface area contributed by atoms with Crippen LogP contribution in [0.1, 0.15) is 59.7 Å². The van der Waals surface area contributed by atoms with Gasteiger partial charge in [0.15, 0.2) is 0 Å². The van der Waals surface area contributed by atoms with E-state index in [1.807, 2.05) is 6.08 Å². The Balaban J connectivity index is 0.984. The average Bonchev–Trinajstić information content (AvgIpc) is 4.10. The fourth-order valence-electron chi connectivity index (χ4n) is 13.1. The van der Waals surface area contributed by atoms with Crippen LogP contribution < -0.4 is 4.90 Å². The summed E-state index contributed by atoms with van der Waals surface area (Å²) in [5.74, 6) is 0.